The number of hydrogen-bond donors (Lipinski definition) is 1. The van der Waals surface area contributed by atoms with Gasteiger partial charge in [0.1, 0.15) is 5.82 Å². The molecule has 4 rings (SSSR count). The number of benzene rings is 3. The molecule has 1 amide bonds. The standard InChI is InChI=1S/C23H19ClFNO3/c1-29-21-22(27)26(14-15-7-5-10-17(24)13-15)20-18(11-6-12-19(20)25)23(21,28)16-8-3-2-4-9-16/h2-13,21,28H,14H2,1H3. The molecule has 29 heavy (non-hydrogen) atoms. The normalized spacial score (nSPS) is 21.2. The maximum atomic E-state index is 15.0. The number of rotatable bonds is 4. The lowest BCUT2D eigenvalue weighted by Crippen LogP contribution is -2.57. The number of carbonyl (C=O) groups is 1. The molecule has 0 aliphatic carbocycles. The van der Waals surface area contributed by atoms with Crippen LogP contribution in [0.5, 0.6) is 0 Å². The van der Waals surface area contributed by atoms with Crippen molar-refractivity contribution in [2.24, 2.45) is 0 Å². The molecule has 1 aliphatic heterocycles. The lowest BCUT2D eigenvalue weighted by Gasteiger charge is -2.44. The van der Waals surface area contributed by atoms with Crippen LogP contribution in [0.2, 0.25) is 5.02 Å². The summed E-state index contributed by atoms with van der Waals surface area (Å²) >= 11 is 6.07. The summed E-state index contributed by atoms with van der Waals surface area (Å²) in [7, 11) is 1.36. The molecule has 0 saturated heterocycles. The molecule has 3 aromatic carbocycles. The van der Waals surface area contributed by atoms with E-state index in [0.29, 0.717) is 10.6 Å². The van der Waals surface area contributed by atoms with Gasteiger partial charge in [-0.1, -0.05) is 66.2 Å². The van der Waals surface area contributed by atoms with E-state index >= 15 is 0 Å². The zero-order chi connectivity index (χ0) is 20.6. The SMILES string of the molecule is COC1C(=O)N(Cc2cccc(Cl)c2)c2c(F)cccc2C1(O)c1ccccc1. The zero-order valence-corrected chi connectivity index (χ0v) is 16.4. The van der Waals surface area contributed by atoms with Gasteiger partial charge < -0.3 is 14.7 Å². The predicted molar refractivity (Wildman–Crippen MR) is 109 cm³/mol. The summed E-state index contributed by atoms with van der Waals surface area (Å²) in [6.45, 7) is 0.0953. The molecule has 0 bridgehead atoms. The minimum Gasteiger partial charge on any atom is -0.377 e. The number of para-hydroxylation sites is 1. The van der Waals surface area contributed by atoms with Crippen LogP contribution in [0.1, 0.15) is 16.7 Å². The van der Waals surface area contributed by atoms with E-state index < -0.39 is 23.4 Å². The van der Waals surface area contributed by atoms with E-state index in [1.807, 2.05) is 0 Å². The number of halogens is 2. The van der Waals surface area contributed by atoms with E-state index in [4.69, 9.17) is 16.3 Å². The monoisotopic (exact) mass is 411 g/mol. The van der Waals surface area contributed by atoms with Crippen molar-refractivity contribution in [1.82, 2.24) is 0 Å². The van der Waals surface area contributed by atoms with Crippen LogP contribution in [-0.4, -0.2) is 24.2 Å². The van der Waals surface area contributed by atoms with Crippen LogP contribution in [0, 0.1) is 5.82 Å². The second-order valence-electron chi connectivity index (χ2n) is 6.94. The Bertz CT molecular complexity index is 1060. The smallest absolute Gasteiger partial charge is 0.260 e. The summed E-state index contributed by atoms with van der Waals surface area (Å²) in [5.74, 6) is -1.13. The number of methoxy groups -OCH3 is 1. The molecule has 4 nitrogen and oxygen atoms in total. The maximum Gasteiger partial charge on any atom is 0.260 e. The van der Waals surface area contributed by atoms with Crippen molar-refractivity contribution < 1.29 is 19.0 Å². The predicted octanol–water partition coefficient (Wildman–Crippen LogP) is 4.28. The summed E-state index contributed by atoms with van der Waals surface area (Å²) in [6.07, 6.45) is -1.24. The van der Waals surface area contributed by atoms with E-state index in [1.54, 1.807) is 60.7 Å². The van der Waals surface area contributed by atoms with Crippen molar-refractivity contribution in [3.8, 4) is 0 Å². The van der Waals surface area contributed by atoms with E-state index in [0.717, 1.165) is 5.56 Å². The molecule has 0 saturated carbocycles. The Balaban J connectivity index is 1.92. The number of amides is 1. The van der Waals surface area contributed by atoms with E-state index in [2.05, 4.69) is 0 Å². The summed E-state index contributed by atoms with van der Waals surface area (Å²) in [4.78, 5) is 14.7. The quantitative estimate of drug-likeness (QED) is 0.697. The second kappa shape index (κ2) is 7.59. The van der Waals surface area contributed by atoms with E-state index in [1.165, 1.54) is 24.1 Å². The Morgan fingerprint density at radius 3 is 2.52 bits per heavy atom. The molecule has 0 aromatic heterocycles. The lowest BCUT2D eigenvalue weighted by molar-refractivity contribution is -0.145. The number of anilines is 1. The highest BCUT2D eigenvalue weighted by atomic mass is 35.5. The fraction of sp³-hybridized carbons (Fsp3) is 0.174. The molecule has 2 unspecified atom stereocenters. The van der Waals surface area contributed by atoms with Crippen molar-refractivity contribution in [3.63, 3.8) is 0 Å². The van der Waals surface area contributed by atoms with Crippen LogP contribution >= 0.6 is 11.6 Å². The molecule has 3 aromatic rings. The Kier molecular flexibility index (Phi) is 5.13. The molecule has 6 heteroatoms. The average molecular weight is 412 g/mol. The number of aliphatic hydroxyl groups is 1. The van der Waals surface area contributed by atoms with Gasteiger partial charge in [-0.3, -0.25) is 4.79 Å². The van der Waals surface area contributed by atoms with Crippen LogP contribution in [0.3, 0.4) is 0 Å². The molecular formula is C23H19ClFNO3. The van der Waals surface area contributed by atoms with Crippen molar-refractivity contribution in [2.45, 2.75) is 18.2 Å². The minimum atomic E-state index is -1.82. The van der Waals surface area contributed by atoms with E-state index in [9.17, 15) is 14.3 Å². The Morgan fingerprint density at radius 1 is 1.10 bits per heavy atom. The van der Waals surface area contributed by atoms with Gasteiger partial charge in [0.2, 0.25) is 0 Å². The summed E-state index contributed by atoms with van der Waals surface area (Å²) < 4.78 is 20.5. The molecular weight excluding hydrogens is 393 g/mol. The first-order valence-electron chi connectivity index (χ1n) is 9.12. The van der Waals surface area contributed by atoms with Crippen LogP contribution in [0.25, 0.3) is 0 Å². The number of fused-ring (bicyclic) bond motifs is 1. The fourth-order valence-corrected chi connectivity index (χ4v) is 4.13. The maximum absolute atomic E-state index is 15.0. The highest BCUT2D eigenvalue weighted by Crippen LogP contribution is 2.46. The first kappa shape index (κ1) is 19.6. The van der Waals surface area contributed by atoms with Crippen molar-refractivity contribution in [1.29, 1.82) is 0 Å². The van der Waals surface area contributed by atoms with Crippen molar-refractivity contribution in [2.75, 3.05) is 12.0 Å². The third kappa shape index (κ3) is 3.21. The minimum absolute atomic E-state index is 0.0390. The van der Waals surface area contributed by atoms with Crippen LogP contribution in [0.15, 0.2) is 72.8 Å². The highest BCUT2D eigenvalue weighted by molar-refractivity contribution is 6.30. The Hall–Kier alpha value is -2.73. The molecule has 2 atom stereocenters. The topological polar surface area (TPSA) is 49.8 Å². The van der Waals surface area contributed by atoms with Gasteiger partial charge in [-0.25, -0.2) is 4.39 Å². The van der Waals surface area contributed by atoms with E-state index in [-0.39, 0.29) is 17.8 Å². The molecule has 0 radical (unpaired) electrons. The second-order valence-corrected chi connectivity index (χ2v) is 7.37. The van der Waals surface area contributed by atoms with Gasteiger partial charge in [-0.05, 0) is 29.3 Å². The van der Waals surface area contributed by atoms with Crippen molar-refractivity contribution in [3.05, 3.63) is 100 Å². The Labute approximate surface area is 173 Å². The molecule has 0 spiro atoms. The van der Waals surface area contributed by atoms with Crippen molar-refractivity contribution >= 4 is 23.2 Å². The van der Waals surface area contributed by atoms with Gasteiger partial charge in [-0.15, -0.1) is 0 Å². The van der Waals surface area contributed by atoms with Gasteiger partial charge >= 0.3 is 0 Å². The largest absolute Gasteiger partial charge is 0.377 e. The molecule has 1 aliphatic rings. The number of hydrogen-bond acceptors (Lipinski definition) is 3. The molecule has 0 fully saturated rings. The van der Waals surface area contributed by atoms with Gasteiger partial charge in [-0.2, -0.15) is 0 Å². The lowest BCUT2D eigenvalue weighted by atomic mass is 9.77. The third-order valence-corrected chi connectivity index (χ3v) is 5.45. The van der Waals surface area contributed by atoms with Crippen LogP contribution < -0.4 is 4.90 Å². The molecule has 1 N–H and O–H groups in total. The number of ether oxygens (including phenoxy) is 1. The first-order valence-corrected chi connectivity index (χ1v) is 9.50. The van der Waals surface area contributed by atoms with Crippen LogP contribution in [-0.2, 0) is 21.7 Å². The molecule has 148 valence electrons. The fourth-order valence-electron chi connectivity index (χ4n) is 3.91. The first-order chi connectivity index (χ1) is 14.0. The van der Waals surface area contributed by atoms with Gasteiger partial charge in [0.05, 0.1) is 12.2 Å². The summed E-state index contributed by atoms with van der Waals surface area (Å²) in [5, 5.41) is 12.2. The Morgan fingerprint density at radius 2 is 1.83 bits per heavy atom. The van der Waals surface area contributed by atoms with Gasteiger partial charge in [0, 0.05) is 17.7 Å². The van der Waals surface area contributed by atoms with Crippen LogP contribution in [0.4, 0.5) is 10.1 Å². The number of nitrogens with zero attached hydrogens (tertiary/aromatic N) is 1. The van der Waals surface area contributed by atoms with Gasteiger partial charge in [0.25, 0.3) is 5.91 Å². The summed E-state index contributed by atoms with van der Waals surface area (Å²) in [6, 6.07) is 20.1. The molecule has 1 heterocycles. The summed E-state index contributed by atoms with van der Waals surface area (Å²) in [5.41, 5.74) is -0.321. The third-order valence-electron chi connectivity index (χ3n) is 5.22. The number of carbonyl (C=O) groups excluding carboxylic acids is 1. The van der Waals surface area contributed by atoms with Gasteiger partial charge in [0.15, 0.2) is 11.7 Å². The highest BCUT2D eigenvalue weighted by Gasteiger charge is 2.53. The zero-order valence-electron chi connectivity index (χ0n) is 15.7. The average Bonchev–Trinajstić information content (AvgIpc) is 2.72.